The molecule has 4 rings (SSSR count). The van der Waals surface area contributed by atoms with Crippen LogP contribution in [0.1, 0.15) is 30.1 Å². The Balaban J connectivity index is 1.65. The number of nitrogens with two attached hydrogens (primary N) is 2. The molecule has 9 nitrogen and oxygen atoms in total. The van der Waals surface area contributed by atoms with Gasteiger partial charge in [-0.2, -0.15) is 0 Å². The third kappa shape index (κ3) is 4.89. The summed E-state index contributed by atoms with van der Waals surface area (Å²) >= 11 is 0. The van der Waals surface area contributed by atoms with E-state index in [9.17, 15) is 13.6 Å². The van der Waals surface area contributed by atoms with E-state index in [0.717, 1.165) is 25.1 Å². The summed E-state index contributed by atoms with van der Waals surface area (Å²) in [6.45, 7) is 4.17. The molecule has 0 bridgehead atoms. The molecule has 2 aliphatic rings. The maximum Gasteiger partial charge on any atom is 0.252 e. The van der Waals surface area contributed by atoms with E-state index in [1.165, 1.54) is 6.07 Å². The predicted molar refractivity (Wildman–Crippen MR) is 117 cm³/mol. The standard InChI is InChI=1S/C21H27F2N7O2/c1-11(24)18(12-2-3-12)28-21-14(22)8-13(19(25)31)20(29-21)27-16-9-17(26-10-15(16)23)30-4-6-32-7-5-30/h8-12,18H,2-7,24H2,1H3,(H2,25,31)(H2,26,27,28,29). The Kier molecular flexibility index (Phi) is 6.38. The van der Waals surface area contributed by atoms with Crippen LogP contribution in [0.15, 0.2) is 18.3 Å². The third-order valence-electron chi connectivity index (χ3n) is 5.67. The van der Waals surface area contributed by atoms with Crippen LogP contribution in [0.3, 0.4) is 0 Å². The lowest BCUT2D eigenvalue weighted by Gasteiger charge is -2.28. The molecule has 6 N–H and O–H groups in total. The van der Waals surface area contributed by atoms with Crippen LogP contribution >= 0.6 is 0 Å². The Morgan fingerprint density at radius 1 is 1.22 bits per heavy atom. The number of rotatable bonds is 8. The van der Waals surface area contributed by atoms with Gasteiger partial charge in [0.2, 0.25) is 0 Å². The van der Waals surface area contributed by atoms with Gasteiger partial charge in [0.15, 0.2) is 17.5 Å². The molecule has 0 spiro atoms. The maximum absolute atomic E-state index is 14.7. The normalized spacial score (nSPS) is 18.2. The van der Waals surface area contributed by atoms with E-state index in [0.29, 0.717) is 38.0 Å². The predicted octanol–water partition coefficient (Wildman–Crippen LogP) is 1.97. The van der Waals surface area contributed by atoms with Gasteiger partial charge < -0.3 is 31.7 Å². The summed E-state index contributed by atoms with van der Waals surface area (Å²) in [7, 11) is 0. The van der Waals surface area contributed by atoms with Gasteiger partial charge in [-0.15, -0.1) is 0 Å². The number of halogens is 2. The number of nitrogens with one attached hydrogen (secondary N) is 2. The van der Waals surface area contributed by atoms with Crippen molar-refractivity contribution in [1.29, 1.82) is 0 Å². The van der Waals surface area contributed by atoms with Crippen LogP contribution in [0.5, 0.6) is 0 Å². The zero-order chi connectivity index (χ0) is 22.8. The van der Waals surface area contributed by atoms with Crippen molar-refractivity contribution in [3.63, 3.8) is 0 Å². The molecule has 2 unspecified atom stereocenters. The van der Waals surface area contributed by atoms with Crippen molar-refractivity contribution in [3.05, 3.63) is 35.5 Å². The minimum absolute atomic E-state index is 0.0417. The van der Waals surface area contributed by atoms with E-state index in [1.54, 1.807) is 0 Å². The molecule has 172 valence electrons. The van der Waals surface area contributed by atoms with Gasteiger partial charge >= 0.3 is 0 Å². The highest BCUT2D eigenvalue weighted by Crippen LogP contribution is 2.36. The number of pyridine rings is 2. The SMILES string of the molecule is CC(N)C(Nc1nc(Nc2cc(N3CCOCC3)ncc2F)c(C(N)=O)cc1F)C1CC1. The Morgan fingerprint density at radius 3 is 2.56 bits per heavy atom. The molecular formula is C21H27F2N7O2. The van der Waals surface area contributed by atoms with Crippen molar-refractivity contribution in [2.45, 2.75) is 31.8 Å². The molecule has 1 aliphatic heterocycles. The quantitative estimate of drug-likeness (QED) is 0.483. The second-order valence-corrected chi connectivity index (χ2v) is 8.19. The lowest BCUT2D eigenvalue weighted by molar-refractivity contribution is 0.100. The number of anilines is 4. The van der Waals surface area contributed by atoms with Crippen molar-refractivity contribution >= 4 is 29.0 Å². The molecule has 2 atom stereocenters. The van der Waals surface area contributed by atoms with Crippen LogP contribution in [0, 0.1) is 17.6 Å². The van der Waals surface area contributed by atoms with E-state index in [-0.39, 0.29) is 35.0 Å². The Morgan fingerprint density at radius 2 is 1.94 bits per heavy atom. The maximum atomic E-state index is 14.7. The van der Waals surface area contributed by atoms with Crippen molar-refractivity contribution < 1.29 is 18.3 Å². The van der Waals surface area contributed by atoms with E-state index in [1.807, 2.05) is 11.8 Å². The zero-order valence-corrected chi connectivity index (χ0v) is 17.8. The first-order valence-corrected chi connectivity index (χ1v) is 10.6. The average Bonchev–Trinajstić information content (AvgIpc) is 3.60. The molecule has 0 aromatic carbocycles. The fourth-order valence-corrected chi connectivity index (χ4v) is 3.78. The van der Waals surface area contributed by atoms with Crippen LogP contribution in [0.4, 0.5) is 31.9 Å². The summed E-state index contributed by atoms with van der Waals surface area (Å²) in [4.78, 5) is 22.3. The van der Waals surface area contributed by atoms with Gasteiger partial charge in [-0.25, -0.2) is 18.7 Å². The van der Waals surface area contributed by atoms with Crippen LogP contribution in [0.25, 0.3) is 0 Å². The first-order valence-electron chi connectivity index (χ1n) is 10.6. The highest BCUT2D eigenvalue weighted by molar-refractivity contribution is 5.98. The van der Waals surface area contributed by atoms with Gasteiger partial charge in [0, 0.05) is 31.2 Å². The molecule has 3 heterocycles. The number of aromatic nitrogens is 2. The second-order valence-electron chi connectivity index (χ2n) is 8.19. The van der Waals surface area contributed by atoms with Crippen LogP contribution < -0.4 is 27.0 Å². The van der Waals surface area contributed by atoms with Crippen LogP contribution in [-0.4, -0.2) is 54.3 Å². The van der Waals surface area contributed by atoms with Crippen molar-refractivity contribution in [2.24, 2.45) is 17.4 Å². The van der Waals surface area contributed by atoms with Gasteiger partial charge in [-0.3, -0.25) is 4.79 Å². The fraction of sp³-hybridized carbons (Fsp3) is 0.476. The highest BCUT2D eigenvalue weighted by atomic mass is 19.1. The molecular weight excluding hydrogens is 420 g/mol. The summed E-state index contributed by atoms with van der Waals surface area (Å²) in [5.41, 5.74) is 11.3. The topological polar surface area (TPSA) is 131 Å². The lowest BCUT2D eigenvalue weighted by atomic mass is 10.1. The van der Waals surface area contributed by atoms with Crippen molar-refractivity contribution in [3.8, 4) is 0 Å². The number of ether oxygens (including phenoxy) is 1. The van der Waals surface area contributed by atoms with E-state index in [4.69, 9.17) is 16.2 Å². The number of hydrogen-bond acceptors (Lipinski definition) is 8. The second kappa shape index (κ2) is 9.21. The van der Waals surface area contributed by atoms with E-state index >= 15 is 0 Å². The molecule has 1 saturated carbocycles. The number of amides is 1. The molecule has 2 aromatic heterocycles. The Hall–Kier alpha value is -3.05. The summed E-state index contributed by atoms with van der Waals surface area (Å²) < 4.78 is 34.6. The van der Waals surface area contributed by atoms with Gasteiger partial charge in [0.1, 0.15) is 11.6 Å². The van der Waals surface area contributed by atoms with E-state index < -0.39 is 17.5 Å². The summed E-state index contributed by atoms with van der Waals surface area (Å²) in [6.07, 6.45) is 3.08. The van der Waals surface area contributed by atoms with Crippen molar-refractivity contribution in [1.82, 2.24) is 9.97 Å². The summed E-state index contributed by atoms with van der Waals surface area (Å²) in [5.74, 6) is -1.53. The van der Waals surface area contributed by atoms with Crippen LogP contribution in [-0.2, 0) is 4.74 Å². The molecule has 1 amide bonds. The number of hydrogen-bond donors (Lipinski definition) is 4. The number of carbonyl (C=O) groups is 1. The minimum atomic E-state index is -0.890. The molecule has 11 heteroatoms. The molecule has 1 aliphatic carbocycles. The number of morpholine rings is 1. The minimum Gasteiger partial charge on any atom is -0.378 e. The number of primary amides is 1. The first-order chi connectivity index (χ1) is 15.3. The highest BCUT2D eigenvalue weighted by Gasteiger charge is 2.34. The van der Waals surface area contributed by atoms with Gasteiger partial charge in [-0.05, 0) is 31.7 Å². The number of carbonyl (C=O) groups excluding carboxylic acids is 1. The average molecular weight is 447 g/mol. The third-order valence-corrected chi connectivity index (χ3v) is 5.67. The molecule has 0 radical (unpaired) electrons. The van der Waals surface area contributed by atoms with Gasteiger partial charge in [-0.1, -0.05) is 0 Å². The summed E-state index contributed by atoms with van der Waals surface area (Å²) in [5, 5.41) is 5.84. The lowest BCUT2D eigenvalue weighted by Crippen LogP contribution is -2.40. The van der Waals surface area contributed by atoms with Crippen molar-refractivity contribution in [2.75, 3.05) is 41.8 Å². The smallest absolute Gasteiger partial charge is 0.252 e. The first kappa shape index (κ1) is 22.2. The Labute approximate surface area is 184 Å². The molecule has 2 aromatic rings. The number of nitrogens with zero attached hydrogens (tertiary/aromatic N) is 3. The summed E-state index contributed by atoms with van der Waals surface area (Å²) in [6, 6.07) is 2.10. The van der Waals surface area contributed by atoms with E-state index in [2.05, 4.69) is 20.6 Å². The molecule has 1 saturated heterocycles. The largest absolute Gasteiger partial charge is 0.378 e. The monoisotopic (exact) mass is 447 g/mol. The molecule has 32 heavy (non-hydrogen) atoms. The fourth-order valence-electron chi connectivity index (χ4n) is 3.78. The Bertz CT molecular complexity index is 992. The van der Waals surface area contributed by atoms with Gasteiger partial charge in [0.05, 0.1) is 30.7 Å². The molecule has 2 fully saturated rings. The van der Waals surface area contributed by atoms with Crippen LogP contribution in [0.2, 0.25) is 0 Å². The zero-order valence-electron chi connectivity index (χ0n) is 17.8. The van der Waals surface area contributed by atoms with Gasteiger partial charge in [0.25, 0.3) is 5.91 Å².